The van der Waals surface area contributed by atoms with Crippen LogP contribution in [0.5, 0.6) is 0 Å². The van der Waals surface area contributed by atoms with Crippen molar-refractivity contribution in [2.45, 2.75) is 39.5 Å². The molecule has 132 valence electrons. The monoisotopic (exact) mass is 338 g/mol. The zero-order valence-corrected chi connectivity index (χ0v) is 15.2. The maximum absolute atomic E-state index is 12.7. The lowest BCUT2D eigenvalue weighted by Crippen LogP contribution is -2.41. The molecular weight excluding hydrogens is 312 g/mol. The highest BCUT2D eigenvalue weighted by Gasteiger charge is 2.27. The Hall–Kier alpha value is -2.43. The Morgan fingerprint density at radius 1 is 1.24 bits per heavy atom. The summed E-state index contributed by atoms with van der Waals surface area (Å²) in [7, 11) is 0. The van der Waals surface area contributed by atoms with Crippen molar-refractivity contribution in [2.75, 3.05) is 23.3 Å². The number of anilines is 2. The first-order chi connectivity index (χ1) is 12.0. The molecule has 1 atom stereocenters. The smallest absolute Gasteiger partial charge is 0.229 e. The Kier molecular flexibility index (Phi) is 5.31. The van der Waals surface area contributed by atoms with E-state index in [1.165, 1.54) is 5.56 Å². The van der Waals surface area contributed by atoms with Gasteiger partial charge in [-0.15, -0.1) is 0 Å². The molecule has 5 heteroatoms. The quantitative estimate of drug-likeness (QED) is 0.922. The number of piperidine rings is 1. The molecule has 0 saturated carbocycles. The van der Waals surface area contributed by atoms with Gasteiger partial charge in [0.25, 0.3) is 0 Å². The number of carbonyl (C=O) groups excluding carboxylic acids is 1. The first-order valence-electron chi connectivity index (χ1n) is 8.98. The standard InChI is InChI=1S/C20H26N4O/c1-14(2)16-6-8-18(9-7-16)23-19(25)17-5-4-12-24(13-17)20-21-11-10-15(3)22-20/h6-11,14,17H,4-5,12-13H2,1-3H3,(H,23,25)/t17-/m0/s1. The first kappa shape index (κ1) is 17.4. The van der Waals surface area contributed by atoms with E-state index in [0.29, 0.717) is 12.5 Å². The van der Waals surface area contributed by atoms with Gasteiger partial charge in [-0.3, -0.25) is 4.79 Å². The normalized spacial score (nSPS) is 17.6. The SMILES string of the molecule is Cc1ccnc(N2CCC[C@H](C(=O)Nc3ccc(C(C)C)cc3)C2)n1. The van der Waals surface area contributed by atoms with Crippen molar-refractivity contribution in [1.82, 2.24) is 9.97 Å². The third-order valence-electron chi connectivity index (χ3n) is 4.70. The highest BCUT2D eigenvalue weighted by atomic mass is 16.1. The second-order valence-electron chi connectivity index (χ2n) is 7.05. The van der Waals surface area contributed by atoms with Crippen molar-refractivity contribution in [1.29, 1.82) is 0 Å². The number of aryl methyl sites for hydroxylation is 1. The van der Waals surface area contributed by atoms with Gasteiger partial charge in [-0.2, -0.15) is 0 Å². The molecule has 1 aromatic carbocycles. The van der Waals surface area contributed by atoms with E-state index in [1.807, 2.05) is 25.1 Å². The molecule has 3 rings (SSSR count). The second kappa shape index (κ2) is 7.64. The highest BCUT2D eigenvalue weighted by molar-refractivity contribution is 5.93. The summed E-state index contributed by atoms with van der Waals surface area (Å²) in [5, 5.41) is 3.05. The van der Waals surface area contributed by atoms with Crippen LogP contribution >= 0.6 is 0 Å². The van der Waals surface area contributed by atoms with Gasteiger partial charge in [0, 0.05) is 30.7 Å². The Bertz CT molecular complexity index is 727. The summed E-state index contributed by atoms with van der Waals surface area (Å²) in [6, 6.07) is 10.0. The summed E-state index contributed by atoms with van der Waals surface area (Å²) in [6.45, 7) is 7.85. The fourth-order valence-electron chi connectivity index (χ4n) is 3.16. The zero-order chi connectivity index (χ0) is 17.8. The lowest BCUT2D eigenvalue weighted by Gasteiger charge is -2.32. The summed E-state index contributed by atoms with van der Waals surface area (Å²) in [4.78, 5) is 23.6. The minimum Gasteiger partial charge on any atom is -0.340 e. The summed E-state index contributed by atoms with van der Waals surface area (Å²) in [5.74, 6) is 1.25. The predicted octanol–water partition coefficient (Wildman–Crippen LogP) is 3.76. The van der Waals surface area contributed by atoms with Crippen LogP contribution in [0, 0.1) is 12.8 Å². The third kappa shape index (κ3) is 4.35. The molecule has 1 aliphatic rings. The molecule has 1 amide bonds. The van der Waals surface area contributed by atoms with E-state index in [4.69, 9.17) is 0 Å². The van der Waals surface area contributed by atoms with Crippen LogP contribution in [-0.2, 0) is 4.79 Å². The van der Waals surface area contributed by atoms with Crippen molar-refractivity contribution in [2.24, 2.45) is 5.92 Å². The van der Waals surface area contributed by atoms with Gasteiger partial charge in [0.05, 0.1) is 5.92 Å². The lowest BCUT2D eigenvalue weighted by molar-refractivity contribution is -0.120. The molecule has 0 bridgehead atoms. The number of nitrogens with one attached hydrogen (secondary N) is 1. The summed E-state index contributed by atoms with van der Waals surface area (Å²) in [6.07, 6.45) is 3.65. The van der Waals surface area contributed by atoms with Crippen LogP contribution in [-0.4, -0.2) is 29.0 Å². The van der Waals surface area contributed by atoms with Gasteiger partial charge >= 0.3 is 0 Å². The van der Waals surface area contributed by atoms with Gasteiger partial charge in [-0.05, 0) is 49.4 Å². The van der Waals surface area contributed by atoms with Crippen LogP contribution in [0.2, 0.25) is 0 Å². The molecule has 1 saturated heterocycles. The average molecular weight is 338 g/mol. The number of aromatic nitrogens is 2. The molecule has 0 spiro atoms. The Morgan fingerprint density at radius 3 is 2.68 bits per heavy atom. The number of amides is 1. The van der Waals surface area contributed by atoms with E-state index >= 15 is 0 Å². The van der Waals surface area contributed by atoms with Crippen LogP contribution in [0.25, 0.3) is 0 Å². The van der Waals surface area contributed by atoms with Crippen molar-refractivity contribution >= 4 is 17.5 Å². The van der Waals surface area contributed by atoms with Crippen LogP contribution < -0.4 is 10.2 Å². The molecule has 25 heavy (non-hydrogen) atoms. The predicted molar refractivity (Wildman–Crippen MR) is 101 cm³/mol. The average Bonchev–Trinajstić information content (AvgIpc) is 2.62. The third-order valence-corrected chi connectivity index (χ3v) is 4.70. The summed E-state index contributed by atoms with van der Waals surface area (Å²) < 4.78 is 0. The van der Waals surface area contributed by atoms with E-state index < -0.39 is 0 Å². The largest absolute Gasteiger partial charge is 0.340 e. The number of nitrogens with zero attached hydrogens (tertiary/aromatic N) is 3. The molecule has 0 unspecified atom stereocenters. The first-order valence-corrected chi connectivity index (χ1v) is 8.98. The Labute approximate surface area is 149 Å². The molecular formula is C20H26N4O. The van der Waals surface area contributed by atoms with Crippen molar-refractivity contribution in [3.63, 3.8) is 0 Å². The van der Waals surface area contributed by atoms with Crippen LogP contribution in [0.4, 0.5) is 11.6 Å². The van der Waals surface area contributed by atoms with E-state index in [0.717, 1.165) is 36.7 Å². The molecule has 0 aliphatic carbocycles. The maximum Gasteiger partial charge on any atom is 0.229 e. The molecule has 1 fully saturated rings. The number of benzene rings is 1. The zero-order valence-electron chi connectivity index (χ0n) is 15.2. The van der Waals surface area contributed by atoms with Crippen LogP contribution in [0.3, 0.4) is 0 Å². The van der Waals surface area contributed by atoms with Gasteiger partial charge in [-0.25, -0.2) is 9.97 Å². The van der Waals surface area contributed by atoms with Gasteiger partial charge < -0.3 is 10.2 Å². The fourth-order valence-corrected chi connectivity index (χ4v) is 3.16. The van der Waals surface area contributed by atoms with Crippen molar-refractivity contribution < 1.29 is 4.79 Å². The molecule has 2 heterocycles. The molecule has 2 aromatic rings. The Morgan fingerprint density at radius 2 is 2.00 bits per heavy atom. The van der Waals surface area contributed by atoms with Gasteiger partial charge in [0.2, 0.25) is 11.9 Å². The van der Waals surface area contributed by atoms with E-state index in [-0.39, 0.29) is 11.8 Å². The topological polar surface area (TPSA) is 58.1 Å². The van der Waals surface area contributed by atoms with E-state index in [1.54, 1.807) is 6.20 Å². The summed E-state index contributed by atoms with van der Waals surface area (Å²) >= 11 is 0. The van der Waals surface area contributed by atoms with Gasteiger partial charge in [0.1, 0.15) is 0 Å². The highest BCUT2D eigenvalue weighted by Crippen LogP contribution is 2.23. The van der Waals surface area contributed by atoms with Crippen molar-refractivity contribution in [3.8, 4) is 0 Å². The van der Waals surface area contributed by atoms with E-state index in [2.05, 4.69) is 46.2 Å². The molecule has 1 N–H and O–H groups in total. The van der Waals surface area contributed by atoms with E-state index in [9.17, 15) is 4.79 Å². The van der Waals surface area contributed by atoms with Crippen LogP contribution in [0.15, 0.2) is 36.5 Å². The minimum atomic E-state index is -0.0392. The lowest BCUT2D eigenvalue weighted by atomic mass is 9.97. The van der Waals surface area contributed by atoms with Crippen molar-refractivity contribution in [3.05, 3.63) is 47.8 Å². The molecule has 1 aromatic heterocycles. The molecule has 5 nitrogen and oxygen atoms in total. The number of hydrogen-bond acceptors (Lipinski definition) is 4. The van der Waals surface area contributed by atoms with Gasteiger partial charge in [0.15, 0.2) is 0 Å². The van der Waals surface area contributed by atoms with Crippen LogP contribution in [0.1, 0.15) is 43.9 Å². The number of carbonyl (C=O) groups is 1. The summed E-state index contributed by atoms with van der Waals surface area (Å²) in [5.41, 5.74) is 3.08. The fraction of sp³-hybridized carbons (Fsp3) is 0.450. The molecule has 1 aliphatic heterocycles. The molecule has 0 radical (unpaired) electrons. The maximum atomic E-state index is 12.7. The Balaban J connectivity index is 1.63. The second-order valence-corrected chi connectivity index (χ2v) is 7.05. The minimum absolute atomic E-state index is 0.0392. The van der Waals surface area contributed by atoms with Gasteiger partial charge in [-0.1, -0.05) is 26.0 Å². The number of hydrogen-bond donors (Lipinski definition) is 1. The number of rotatable bonds is 4.